The summed E-state index contributed by atoms with van der Waals surface area (Å²) in [7, 11) is 0. The van der Waals surface area contributed by atoms with Crippen LogP contribution in [0, 0.1) is 0 Å². The average molecular weight is 929 g/mol. The van der Waals surface area contributed by atoms with Crippen LogP contribution in [0.4, 0.5) is 0 Å². The van der Waals surface area contributed by atoms with Gasteiger partial charge in [0.2, 0.25) is 0 Å². The van der Waals surface area contributed by atoms with E-state index in [9.17, 15) is 45.3 Å². The molecule has 0 aromatic heterocycles. The van der Waals surface area contributed by atoms with Gasteiger partial charge in [0.25, 0.3) is 0 Å². The van der Waals surface area contributed by atoms with E-state index in [0.717, 1.165) is 51.4 Å². The third-order valence-electron chi connectivity index (χ3n) is 10.0. The van der Waals surface area contributed by atoms with Crippen molar-refractivity contribution >= 4 is 11.9 Å². The van der Waals surface area contributed by atoms with Crippen molar-refractivity contribution < 1.29 is 73.8 Å². The number of aliphatic hydroxyl groups excluding tert-OH is 7. The minimum absolute atomic E-state index is 0.0419. The molecule has 2 rings (SSSR count). The molecule has 0 amide bonds. The van der Waals surface area contributed by atoms with Gasteiger partial charge in [-0.05, 0) is 64.2 Å². The number of carbonyl (C=O) groups is 2. The molecule has 0 unspecified atom stereocenters. The molecule has 11 atom stereocenters. The zero-order valence-corrected chi connectivity index (χ0v) is 38.6. The standard InChI is InChI=1S/C51H76O15/c1-3-5-7-9-11-13-15-17-19-21-23-25-27-29-31-33-42(53)61-36-39(64-43(54)34-32-30-28-26-24-22-20-18-16-14-12-10-8-6-4-2)37-62-50-49(60)47(58)45(56)41(66-50)38-63-51-48(59)46(57)44(55)40(35-52)65-51/h5-8,11-14,17-20,23-26,29-32,39-41,44-52,55-60H,3-4,9-10,15-16,21-22,27-28,33-38H2,1-2H3/b7-5-,8-6-,13-11-,14-12-,19-17-,20-18-,25-23-,26-24-,31-29-,32-30-/t39-,40+,41+,44-,45-,46-,47-,48+,49+,50+,51-/m0/s1. The summed E-state index contributed by atoms with van der Waals surface area (Å²) in [6.07, 6.45) is 31.5. The number of esters is 2. The molecule has 0 radical (unpaired) electrons. The molecule has 66 heavy (non-hydrogen) atoms. The Bertz CT molecular complexity index is 1610. The summed E-state index contributed by atoms with van der Waals surface area (Å²) in [4.78, 5) is 25.5. The second-order valence-corrected chi connectivity index (χ2v) is 15.5. The molecule has 0 aromatic carbocycles. The molecule has 7 N–H and O–H groups in total. The summed E-state index contributed by atoms with van der Waals surface area (Å²) in [5.41, 5.74) is 0. The van der Waals surface area contributed by atoms with E-state index >= 15 is 0 Å². The smallest absolute Gasteiger partial charge is 0.310 e. The van der Waals surface area contributed by atoms with E-state index < -0.39 is 106 Å². The number of hydrogen-bond acceptors (Lipinski definition) is 15. The lowest BCUT2D eigenvalue weighted by Crippen LogP contribution is -2.61. The summed E-state index contributed by atoms with van der Waals surface area (Å²) in [6.45, 7) is 2.09. The minimum atomic E-state index is -1.80. The fourth-order valence-corrected chi connectivity index (χ4v) is 6.24. The van der Waals surface area contributed by atoms with Gasteiger partial charge >= 0.3 is 11.9 Å². The summed E-state index contributed by atoms with van der Waals surface area (Å²) >= 11 is 0. The molecule has 2 aliphatic rings. The largest absolute Gasteiger partial charge is 0.461 e. The summed E-state index contributed by atoms with van der Waals surface area (Å²) in [6, 6.07) is 0. The Morgan fingerprint density at radius 3 is 1.24 bits per heavy atom. The number of rotatable bonds is 32. The van der Waals surface area contributed by atoms with Crippen LogP contribution in [0.2, 0.25) is 0 Å². The highest BCUT2D eigenvalue weighted by Crippen LogP contribution is 2.26. The van der Waals surface area contributed by atoms with Gasteiger partial charge in [-0.15, -0.1) is 0 Å². The van der Waals surface area contributed by atoms with Crippen molar-refractivity contribution in [3.63, 3.8) is 0 Å². The number of ether oxygens (including phenoxy) is 6. The Balaban J connectivity index is 1.94. The molecule has 2 aliphatic heterocycles. The molecule has 2 saturated heterocycles. The Morgan fingerprint density at radius 1 is 0.455 bits per heavy atom. The average Bonchev–Trinajstić information content (AvgIpc) is 3.31. The van der Waals surface area contributed by atoms with E-state index in [-0.39, 0.29) is 12.8 Å². The highest BCUT2D eigenvalue weighted by molar-refractivity contribution is 5.72. The summed E-state index contributed by atoms with van der Waals surface area (Å²) < 4.78 is 33.2. The lowest BCUT2D eigenvalue weighted by molar-refractivity contribution is -0.332. The predicted molar refractivity (Wildman–Crippen MR) is 251 cm³/mol. The van der Waals surface area contributed by atoms with E-state index in [0.29, 0.717) is 12.8 Å². The van der Waals surface area contributed by atoms with E-state index in [1.807, 2.05) is 36.5 Å². The van der Waals surface area contributed by atoms with Crippen LogP contribution < -0.4 is 0 Å². The lowest BCUT2D eigenvalue weighted by atomic mass is 9.98. The maximum Gasteiger partial charge on any atom is 0.310 e. The number of allylic oxidation sites excluding steroid dienone is 18. The van der Waals surface area contributed by atoms with Crippen molar-refractivity contribution in [1.82, 2.24) is 0 Å². The Labute approximate surface area is 391 Å². The normalized spacial score (nSPS) is 27.3. The van der Waals surface area contributed by atoms with Crippen LogP contribution in [0.3, 0.4) is 0 Å². The maximum absolute atomic E-state index is 12.9. The molecule has 0 aromatic rings. The molecule has 0 saturated carbocycles. The Morgan fingerprint density at radius 2 is 0.818 bits per heavy atom. The fraction of sp³-hybridized carbons (Fsp3) is 0.569. The van der Waals surface area contributed by atoms with Crippen molar-refractivity contribution in [2.24, 2.45) is 0 Å². The highest BCUT2D eigenvalue weighted by Gasteiger charge is 2.47. The molecule has 370 valence electrons. The SMILES string of the molecule is CC/C=C\C/C=C\C/C=C\C/C=C\C/C=C\CC(=O)OC[C@@H](CO[C@@H]1O[C@H](CO[C@H]2O[C@H](CO)[C@H](O)[C@H](O)[C@H]2O)[C@H](O)[C@H](O)[C@H]1O)OC(=O)C/C=C\C/C=C\C/C=C\C/C=C\C/C=C\CC. The first-order valence-electron chi connectivity index (χ1n) is 23.1. The summed E-state index contributed by atoms with van der Waals surface area (Å²) in [5, 5.41) is 71.9. The van der Waals surface area contributed by atoms with Crippen LogP contribution in [0.5, 0.6) is 0 Å². The zero-order valence-electron chi connectivity index (χ0n) is 38.6. The van der Waals surface area contributed by atoms with Crippen molar-refractivity contribution in [2.45, 2.75) is 158 Å². The fourth-order valence-electron chi connectivity index (χ4n) is 6.24. The van der Waals surface area contributed by atoms with Gasteiger partial charge in [0.1, 0.15) is 55.4 Å². The molecule has 0 spiro atoms. The molecule has 0 bridgehead atoms. The van der Waals surface area contributed by atoms with Gasteiger partial charge in [-0.1, -0.05) is 135 Å². The van der Waals surface area contributed by atoms with Gasteiger partial charge in [-0.2, -0.15) is 0 Å². The van der Waals surface area contributed by atoms with Crippen molar-refractivity contribution in [2.75, 3.05) is 26.4 Å². The lowest BCUT2D eigenvalue weighted by Gasteiger charge is -2.42. The van der Waals surface area contributed by atoms with E-state index in [1.54, 1.807) is 12.2 Å². The van der Waals surface area contributed by atoms with E-state index in [4.69, 9.17) is 28.4 Å². The summed E-state index contributed by atoms with van der Waals surface area (Å²) in [5.74, 6) is -1.24. The minimum Gasteiger partial charge on any atom is -0.461 e. The quantitative estimate of drug-likeness (QED) is 0.0333. The van der Waals surface area contributed by atoms with Gasteiger partial charge in [0.15, 0.2) is 18.7 Å². The third-order valence-corrected chi connectivity index (χ3v) is 10.0. The molecule has 2 fully saturated rings. The van der Waals surface area contributed by atoms with Crippen LogP contribution in [0.1, 0.15) is 90.9 Å². The third kappa shape index (κ3) is 25.1. The van der Waals surface area contributed by atoms with Gasteiger partial charge in [0, 0.05) is 0 Å². The first-order valence-corrected chi connectivity index (χ1v) is 23.1. The predicted octanol–water partition coefficient (Wildman–Crippen LogP) is 5.37. The van der Waals surface area contributed by atoms with Crippen molar-refractivity contribution in [3.05, 3.63) is 122 Å². The Kier molecular flexibility index (Phi) is 32.5. The highest BCUT2D eigenvalue weighted by atomic mass is 16.7. The zero-order chi connectivity index (χ0) is 48.2. The van der Waals surface area contributed by atoms with Crippen LogP contribution >= 0.6 is 0 Å². The van der Waals surface area contributed by atoms with Crippen LogP contribution in [0.25, 0.3) is 0 Å². The molecule has 2 heterocycles. The number of hydrogen-bond donors (Lipinski definition) is 7. The molecular formula is C51H76O15. The second kappa shape index (κ2) is 37.0. The van der Waals surface area contributed by atoms with Gasteiger partial charge in [-0.3, -0.25) is 9.59 Å². The van der Waals surface area contributed by atoms with Crippen LogP contribution in [-0.4, -0.2) is 142 Å². The first kappa shape index (κ1) is 58.0. The maximum atomic E-state index is 12.9. The molecular weight excluding hydrogens is 853 g/mol. The second-order valence-electron chi connectivity index (χ2n) is 15.5. The van der Waals surface area contributed by atoms with E-state index in [2.05, 4.69) is 86.8 Å². The van der Waals surface area contributed by atoms with E-state index in [1.165, 1.54) is 0 Å². The Hall–Kier alpha value is -4.10. The monoisotopic (exact) mass is 929 g/mol. The topological polar surface area (TPSA) is 231 Å². The van der Waals surface area contributed by atoms with Crippen molar-refractivity contribution in [3.8, 4) is 0 Å². The van der Waals surface area contributed by atoms with Crippen molar-refractivity contribution in [1.29, 1.82) is 0 Å². The van der Waals surface area contributed by atoms with Gasteiger partial charge in [-0.25, -0.2) is 0 Å². The molecule has 15 heteroatoms. The van der Waals surface area contributed by atoms with Gasteiger partial charge in [0.05, 0.1) is 32.7 Å². The molecule has 0 aliphatic carbocycles. The number of carbonyl (C=O) groups excluding carboxylic acids is 2. The van der Waals surface area contributed by atoms with Crippen LogP contribution in [-0.2, 0) is 38.0 Å². The van der Waals surface area contributed by atoms with Gasteiger partial charge < -0.3 is 64.2 Å². The number of aliphatic hydroxyl groups is 7. The first-order chi connectivity index (χ1) is 32.0. The van der Waals surface area contributed by atoms with Crippen LogP contribution in [0.15, 0.2) is 122 Å². The molecule has 15 nitrogen and oxygen atoms in total.